The number of urea groups is 1. The molecule has 1 heterocycles. The lowest BCUT2D eigenvalue weighted by molar-refractivity contribution is -0.137. The molecule has 1 aliphatic rings. The highest BCUT2D eigenvalue weighted by Gasteiger charge is 2.28. The van der Waals surface area contributed by atoms with Crippen LogP contribution in [0.4, 0.5) is 4.79 Å². The monoisotopic (exact) mass is 466 g/mol. The Morgan fingerprint density at radius 2 is 1.58 bits per heavy atom. The van der Waals surface area contributed by atoms with E-state index in [4.69, 9.17) is 11.5 Å². The van der Waals surface area contributed by atoms with Crippen molar-refractivity contribution >= 4 is 35.6 Å². The zero-order valence-electron chi connectivity index (χ0n) is 19.1. The Kier molecular flexibility index (Phi) is 11.6. The lowest BCUT2D eigenvalue weighted by Crippen LogP contribution is -2.54. The van der Waals surface area contributed by atoms with Crippen LogP contribution in [-0.4, -0.2) is 65.6 Å². The van der Waals surface area contributed by atoms with E-state index < -0.39 is 29.9 Å². The summed E-state index contributed by atoms with van der Waals surface area (Å²) in [6.07, 6.45) is 4.95. The van der Waals surface area contributed by atoms with Crippen molar-refractivity contribution in [1.82, 2.24) is 20.9 Å². The zero-order chi connectivity index (χ0) is 25.0. The molecule has 12 heteroatoms. The molecule has 2 atom stereocenters. The third-order valence-electron chi connectivity index (χ3n) is 5.08. The first-order valence-electron chi connectivity index (χ1n) is 11.0. The molecular formula is C21H34N6O6. The Labute approximate surface area is 192 Å². The number of amides is 7. The summed E-state index contributed by atoms with van der Waals surface area (Å²) in [7, 11) is 0. The van der Waals surface area contributed by atoms with Crippen LogP contribution >= 0.6 is 0 Å². The minimum atomic E-state index is -0.948. The molecule has 0 saturated heterocycles. The molecule has 0 aromatic heterocycles. The van der Waals surface area contributed by atoms with E-state index in [9.17, 15) is 28.8 Å². The molecule has 0 spiro atoms. The van der Waals surface area contributed by atoms with Crippen LogP contribution in [0, 0.1) is 5.92 Å². The average Bonchev–Trinajstić information content (AvgIpc) is 3.05. The fraction of sp³-hybridized carbons (Fsp3) is 0.619. The van der Waals surface area contributed by atoms with Crippen LogP contribution in [0.15, 0.2) is 12.2 Å². The van der Waals surface area contributed by atoms with E-state index >= 15 is 0 Å². The lowest BCUT2D eigenvalue weighted by Gasteiger charge is -2.24. The maximum Gasteiger partial charge on any atom is 0.312 e. The Bertz CT molecular complexity index is 763. The van der Waals surface area contributed by atoms with E-state index in [1.165, 1.54) is 12.2 Å². The molecule has 1 aliphatic heterocycles. The highest BCUT2D eigenvalue weighted by atomic mass is 16.2. The van der Waals surface area contributed by atoms with Gasteiger partial charge in [-0.1, -0.05) is 20.3 Å². The van der Waals surface area contributed by atoms with Gasteiger partial charge >= 0.3 is 6.03 Å². The van der Waals surface area contributed by atoms with Gasteiger partial charge in [0.15, 0.2) is 0 Å². The summed E-state index contributed by atoms with van der Waals surface area (Å²) in [5.41, 5.74) is 10.3. The van der Waals surface area contributed by atoms with E-state index in [0.29, 0.717) is 32.2 Å². The van der Waals surface area contributed by atoms with Crippen molar-refractivity contribution in [3.63, 3.8) is 0 Å². The molecular weight excluding hydrogens is 432 g/mol. The van der Waals surface area contributed by atoms with E-state index in [0.717, 1.165) is 4.90 Å². The van der Waals surface area contributed by atoms with Gasteiger partial charge in [-0.05, 0) is 31.6 Å². The van der Waals surface area contributed by atoms with Crippen molar-refractivity contribution in [3.8, 4) is 0 Å². The van der Waals surface area contributed by atoms with E-state index in [1.54, 1.807) is 13.8 Å². The van der Waals surface area contributed by atoms with Gasteiger partial charge in [-0.15, -0.1) is 0 Å². The number of nitrogens with zero attached hydrogens (tertiary/aromatic N) is 1. The first-order chi connectivity index (χ1) is 15.5. The van der Waals surface area contributed by atoms with E-state index in [1.807, 2.05) is 0 Å². The van der Waals surface area contributed by atoms with Crippen LogP contribution in [0.5, 0.6) is 0 Å². The minimum Gasteiger partial charge on any atom is -0.368 e. The van der Waals surface area contributed by atoms with Gasteiger partial charge in [-0.2, -0.15) is 0 Å². The summed E-state index contributed by atoms with van der Waals surface area (Å²) in [4.78, 5) is 71.5. The van der Waals surface area contributed by atoms with Crippen LogP contribution in [0.25, 0.3) is 0 Å². The summed E-state index contributed by atoms with van der Waals surface area (Å²) in [5.74, 6) is -2.47. The Balaban J connectivity index is 2.43. The molecule has 0 aliphatic carbocycles. The number of hydrogen-bond donors (Lipinski definition) is 5. The second-order valence-electron chi connectivity index (χ2n) is 8.16. The van der Waals surface area contributed by atoms with Gasteiger partial charge in [-0.3, -0.25) is 28.9 Å². The molecule has 7 N–H and O–H groups in total. The Morgan fingerprint density at radius 1 is 0.939 bits per heavy atom. The SMILES string of the molecule is CC(C)[C@H](NC(=O)CCCCCN1C(=O)C=CC1=O)C(=O)N[C@@H](CCCNC(N)=O)C(N)=O. The van der Waals surface area contributed by atoms with Gasteiger partial charge in [0.1, 0.15) is 12.1 Å². The predicted molar refractivity (Wildman–Crippen MR) is 119 cm³/mol. The molecule has 0 radical (unpaired) electrons. The molecule has 0 saturated carbocycles. The molecule has 0 bridgehead atoms. The third-order valence-corrected chi connectivity index (χ3v) is 5.08. The number of primary amides is 2. The van der Waals surface area contributed by atoms with Crippen LogP contribution in [0.3, 0.4) is 0 Å². The first kappa shape index (κ1) is 27.6. The van der Waals surface area contributed by atoms with E-state index in [-0.39, 0.29) is 43.0 Å². The second kappa shape index (κ2) is 13.9. The fourth-order valence-corrected chi connectivity index (χ4v) is 3.23. The summed E-state index contributed by atoms with van der Waals surface area (Å²) in [6, 6.07) is -2.49. The summed E-state index contributed by atoms with van der Waals surface area (Å²) >= 11 is 0. The quantitative estimate of drug-likeness (QED) is 0.152. The highest BCUT2D eigenvalue weighted by Crippen LogP contribution is 2.09. The van der Waals surface area contributed by atoms with Crippen LogP contribution < -0.4 is 27.4 Å². The summed E-state index contributed by atoms with van der Waals surface area (Å²) in [6.45, 7) is 4.06. The van der Waals surface area contributed by atoms with Crippen molar-refractivity contribution in [2.75, 3.05) is 13.1 Å². The molecule has 7 amide bonds. The Hall–Kier alpha value is -3.44. The molecule has 0 unspecified atom stereocenters. The van der Waals surface area contributed by atoms with Gasteiger partial charge in [-0.25, -0.2) is 4.79 Å². The van der Waals surface area contributed by atoms with Gasteiger partial charge in [0.2, 0.25) is 17.7 Å². The number of nitrogens with one attached hydrogen (secondary N) is 3. The number of carbonyl (C=O) groups excluding carboxylic acids is 6. The fourth-order valence-electron chi connectivity index (χ4n) is 3.23. The van der Waals surface area contributed by atoms with Crippen molar-refractivity contribution in [1.29, 1.82) is 0 Å². The number of carbonyl (C=O) groups is 6. The number of unbranched alkanes of at least 4 members (excludes halogenated alkanes) is 2. The summed E-state index contributed by atoms with van der Waals surface area (Å²) < 4.78 is 0. The minimum absolute atomic E-state index is 0.175. The lowest BCUT2D eigenvalue weighted by atomic mass is 10.0. The molecule has 1 rings (SSSR count). The van der Waals surface area contributed by atoms with Gasteiger partial charge in [0, 0.05) is 31.7 Å². The molecule has 0 fully saturated rings. The van der Waals surface area contributed by atoms with Gasteiger partial charge < -0.3 is 27.4 Å². The highest BCUT2D eigenvalue weighted by molar-refractivity contribution is 6.12. The number of hydrogen-bond acceptors (Lipinski definition) is 6. The van der Waals surface area contributed by atoms with Gasteiger partial charge in [0.25, 0.3) is 11.8 Å². The third kappa shape index (κ3) is 10.1. The molecule has 184 valence electrons. The van der Waals surface area contributed by atoms with Crippen LogP contribution in [0.1, 0.15) is 52.4 Å². The van der Waals surface area contributed by atoms with E-state index in [2.05, 4.69) is 16.0 Å². The molecule has 12 nitrogen and oxygen atoms in total. The normalized spacial score (nSPS) is 14.8. The second-order valence-corrected chi connectivity index (χ2v) is 8.16. The zero-order valence-corrected chi connectivity index (χ0v) is 19.1. The largest absolute Gasteiger partial charge is 0.368 e. The topological polar surface area (TPSA) is 194 Å². The predicted octanol–water partition coefficient (Wildman–Crippen LogP) is -0.969. The maximum atomic E-state index is 12.7. The average molecular weight is 467 g/mol. The standard InChI is InChI=1S/C21H34N6O6/c1-13(2)18(20(32)25-14(19(22)31)7-6-11-24-21(23)33)26-15(28)8-4-3-5-12-27-16(29)9-10-17(27)30/h9-10,13-14,18H,3-8,11-12H2,1-2H3,(H2,22,31)(H,25,32)(H,26,28)(H3,23,24,33)/t14-,18-/m0/s1. The molecule has 0 aromatic rings. The van der Waals surface area contributed by atoms with Crippen molar-refractivity contribution in [2.24, 2.45) is 17.4 Å². The number of imide groups is 1. The van der Waals surface area contributed by atoms with Crippen LogP contribution in [0.2, 0.25) is 0 Å². The van der Waals surface area contributed by atoms with Crippen molar-refractivity contribution in [2.45, 2.75) is 64.5 Å². The maximum absolute atomic E-state index is 12.7. The number of rotatable bonds is 15. The number of nitrogens with two attached hydrogens (primary N) is 2. The van der Waals surface area contributed by atoms with Crippen molar-refractivity contribution in [3.05, 3.63) is 12.2 Å². The van der Waals surface area contributed by atoms with Crippen LogP contribution in [-0.2, 0) is 24.0 Å². The smallest absolute Gasteiger partial charge is 0.312 e. The van der Waals surface area contributed by atoms with Gasteiger partial charge in [0.05, 0.1) is 0 Å². The van der Waals surface area contributed by atoms with Crippen molar-refractivity contribution < 1.29 is 28.8 Å². The summed E-state index contributed by atoms with van der Waals surface area (Å²) in [5, 5.41) is 7.63. The first-order valence-corrected chi connectivity index (χ1v) is 11.0. The molecule has 0 aromatic carbocycles. The Morgan fingerprint density at radius 3 is 2.12 bits per heavy atom. The molecule has 33 heavy (non-hydrogen) atoms.